The fourth-order valence-corrected chi connectivity index (χ4v) is 2.53. The smallest absolute Gasteiger partial charge is 0.321 e. The number of hydrogen-bond acceptors (Lipinski definition) is 4. The average Bonchev–Trinajstić information content (AvgIpc) is 3.13. The molecule has 6 nitrogen and oxygen atoms in total. The first-order valence-corrected chi connectivity index (χ1v) is 8.61. The van der Waals surface area contributed by atoms with E-state index in [1.54, 1.807) is 24.1 Å². The summed E-state index contributed by atoms with van der Waals surface area (Å²) in [6.07, 6.45) is 0.446. The highest BCUT2D eigenvalue weighted by molar-refractivity contribution is 5.90. The van der Waals surface area contributed by atoms with Crippen LogP contribution in [0, 0.1) is 19.7 Å². The maximum Gasteiger partial charge on any atom is 0.321 e. The van der Waals surface area contributed by atoms with Crippen LogP contribution >= 0.6 is 0 Å². The molecule has 0 bridgehead atoms. The van der Waals surface area contributed by atoms with Crippen molar-refractivity contribution in [2.45, 2.75) is 20.3 Å². The van der Waals surface area contributed by atoms with E-state index in [9.17, 15) is 9.18 Å². The predicted octanol–water partition coefficient (Wildman–Crippen LogP) is 4.20. The molecule has 0 radical (unpaired) electrons. The van der Waals surface area contributed by atoms with E-state index in [0.717, 1.165) is 16.8 Å². The number of benzene rings is 2. The van der Waals surface area contributed by atoms with E-state index in [-0.39, 0.29) is 11.8 Å². The minimum atomic E-state index is -0.324. The number of hydrogen-bond donors (Lipinski definition) is 1. The molecule has 1 heterocycles. The Morgan fingerprint density at radius 2 is 1.93 bits per heavy atom. The van der Waals surface area contributed by atoms with Crippen LogP contribution in [-0.4, -0.2) is 34.7 Å². The molecule has 0 aliphatic rings. The van der Waals surface area contributed by atoms with Crippen molar-refractivity contribution in [3.8, 4) is 11.5 Å². The number of rotatable bonds is 5. The highest BCUT2D eigenvalue weighted by Gasteiger charge is 2.13. The molecule has 2 aromatic carbocycles. The van der Waals surface area contributed by atoms with Gasteiger partial charge in [0.15, 0.2) is 5.82 Å². The molecular weight excluding hydrogens is 347 g/mol. The Bertz CT molecular complexity index is 937. The summed E-state index contributed by atoms with van der Waals surface area (Å²) in [5.74, 6) is 0.489. The zero-order valence-corrected chi connectivity index (χ0v) is 15.5. The average molecular weight is 368 g/mol. The van der Waals surface area contributed by atoms with Crippen molar-refractivity contribution < 1.29 is 13.7 Å². The standard InChI is InChI=1S/C20H21FN4O2/c1-13-5-4-6-17(14(13)2)22-20(26)25(3)12-11-18-23-19(27-24-18)15-7-9-16(21)10-8-15/h4-10H,11-12H2,1-3H3,(H,22,26). The first kappa shape index (κ1) is 18.6. The third kappa shape index (κ3) is 4.49. The molecule has 0 unspecified atom stereocenters. The minimum absolute atomic E-state index is 0.203. The van der Waals surface area contributed by atoms with Crippen LogP contribution < -0.4 is 5.32 Å². The van der Waals surface area contributed by atoms with Crippen LogP contribution in [0.1, 0.15) is 17.0 Å². The zero-order chi connectivity index (χ0) is 19.4. The molecule has 0 saturated carbocycles. The third-order valence-electron chi connectivity index (χ3n) is 4.42. The summed E-state index contributed by atoms with van der Waals surface area (Å²) in [5.41, 5.74) is 3.61. The van der Waals surface area contributed by atoms with Gasteiger partial charge in [-0.05, 0) is 55.3 Å². The lowest BCUT2D eigenvalue weighted by atomic mass is 10.1. The molecule has 0 spiro atoms. The van der Waals surface area contributed by atoms with Gasteiger partial charge in [0, 0.05) is 31.3 Å². The Labute approximate surface area is 157 Å². The summed E-state index contributed by atoms with van der Waals surface area (Å²) in [4.78, 5) is 18.2. The van der Waals surface area contributed by atoms with Gasteiger partial charge < -0.3 is 14.7 Å². The van der Waals surface area contributed by atoms with Crippen LogP contribution in [0.5, 0.6) is 0 Å². The normalized spacial score (nSPS) is 10.7. The second kappa shape index (κ2) is 7.99. The molecule has 27 heavy (non-hydrogen) atoms. The summed E-state index contributed by atoms with van der Waals surface area (Å²) >= 11 is 0. The van der Waals surface area contributed by atoms with Gasteiger partial charge >= 0.3 is 6.03 Å². The van der Waals surface area contributed by atoms with Crippen LogP contribution in [0.15, 0.2) is 47.0 Å². The van der Waals surface area contributed by atoms with Gasteiger partial charge in [-0.2, -0.15) is 4.98 Å². The van der Waals surface area contributed by atoms with Gasteiger partial charge in [0.1, 0.15) is 5.82 Å². The molecule has 0 saturated heterocycles. The maximum atomic E-state index is 13.0. The van der Waals surface area contributed by atoms with Gasteiger partial charge in [-0.3, -0.25) is 0 Å². The quantitative estimate of drug-likeness (QED) is 0.733. The molecule has 140 valence electrons. The number of aromatic nitrogens is 2. The molecule has 0 fully saturated rings. The number of nitrogens with zero attached hydrogens (tertiary/aromatic N) is 3. The molecule has 1 N–H and O–H groups in total. The lowest BCUT2D eigenvalue weighted by Gasteiger charge is -2.18. The number of carbonyl (C=O) groups is 1. The van der Waals surface area contributed by atoms with Crippen molar-refractivity contribution in [3.63, 3.8) is 0 Å². The molecule has 0 atom stereocenters. The first-order chi connectivity index (χ1) is 12.9. The van der Waals surface area contributed by atoms with Crippen LogP contribution in [0.2, 0.25) is 0 Å². The van der Waals surface area contributed by atoms with Crippen molar-refractivity contribution in [1.29, 1.82) is 0 Å². The van der Waals surface area contributed by atoms with E-state index in [0.29, 0.717) is 30.2 Å². The molecule has 0 aliphatic heterocycles. The van der Waals surface area contributed by atoms with Gasteiger partial charge in [0.05, 0.1) is 0 Å². The number of anilines is 1. The van der Waals surface area contributed by atoms with Gasteiger partial charge in [0.25, 0.3) is 5.89 Å². The molecule has 1 aromatic heterocycles. The number of carbonyl (C=O) groups excluding carboxylic acids is 1. The van der Waals surface area contributed by atoms with Crippen molar-refractivity contribution in [3.05, 3.63) is 65.2 Å². The number of nitrogens with one attached hydrogen (secondary N) is 1. The number of amides is 2. The Kier molecular flexibility index (Phi) is 5.49. The van der Waals surface area contributed by atoms with Crippen LogP contribution in [0.4, 0.5) is 14.9 Å². The second-order valence-corrected chi connectivity index (χ2v) is 6.37. The van der Waals surface area contributed by atoms with Crippen molar-refractivity contribution in [2.24, 2.45) is 0 Å². The van der Waals surface area contributed by atoms with E-state index in [4.69, 9.17) is 4.52 Å². The van der Waals surface area contributed by atoms with Gasteiger partial charge in [-0.1, -0.05) is 17.3 Å². The van der Waals surface area contributed by atoms with Crippen molar-refractivity contribution >= 4 is 11.7 Å². The molecule has 2 amide bonds. The molecular formula is C20H21FN4O2. The fourth-order valence-electron chi connectivity index (χ4n) is 2.53. The van der Waals surface area contributed by atoms with Gasteiger partial charge in [-0.15, -0.1) is 0 Å². The highest BCUT2D eigenvalue weighted by Crippen LogP contribution is 2.19. The molecule has 3 rings (SSSR count). The van der Waals surface area contributed by atoms with Crippen LogP contribution in [0.3, 0.4) is 0 Å². The topological polar surface area (TPSA) is 71.3 Å². The lowest BCUT2D eigenvalue weighted by Crippen LogP contribution is -2.33. The lowest BCUT2D eigenvalue weighted by molar-refractivity contribution is 0.222. The molecule has 7 heteroatoms. The van der Waals surface area contributed by atoms with E-state index in [1.165, 1.54) is 12.1 Å². The Morgan fingerprint density at radius 1 is 1.19 bits per heavy atom. The number of urea groups is 1. The molecule has 3 aromatic rings. The molecule has 0 aliphatic carbocycles. The Balaban J connectivity index is 1.57. The fraction of sp³-hybridized carbons (Fsp3) is 0.250. The zero-order valence-electron chi connectivity index (χ0n) is 15.5. The van der Waals surface area contributed by atoms with E-state index in [1.807, 2.05) is 32.0 Å². The highest BCUT2D eigenvalue weighted by atomic mass is 19.1. The maximum absolute atomic E-state index is 13.0. The van der Waals surface area contributed by atoms with Crippen LogP contribution in [0.25, 0.3) is 11.5 Å². The summed E-state index contributed by atoms with van der Waals surface area (Å²) < 4.78 is 18.2. The third-order valence-corrected chi connectivity index (χ3v) is 4.42. The second-order valence-electron chi connectivity index (χ2n) is 6.37. The largest absolute Gasteiger partial charge is 0.334 e. The van der Waals surface area contributed by atoms with Crippen molar-refractivity contribution in [1.82, 2.24) is 15.0 Å². The summed E-state index contributed by atoms with van der Waals surface area (Å²) in [6.45, 7) is 4.41. The Morgan fingerprint density at radius 3 is 2.67 bits per heavy atom. The monoisotopic (exact) mass is 368 g/mol. The first-order valence-electron chi connectivity index (χ1n) is 8.61. The summed E-state index contributed by atoms with van der Waals surface area (Å²) in [7, 11) is 1.71. The van der Waals surface area contributed by atoms with Crippen molar-refractivity contribution in [2.75, 3.05) is 18.9 Å². The summed E-state index contributed by atoms with van der Waals surface area (Å²) in [6, 6.07) is 11.4. The van der Waals surface area contributed by atoms with Crippen LogP contribution in [-0.2, 0) is 6.42 Å². The van der Waals surface area contributed by atoms with Gasteiger partial charge in [0.2, 0.25) is 0 Å². The van der Waals surface area contributed by atoms with E-state index >= 15 is 0 Å². The Hall–Kier alpha value is -3.22. The number of halogens is 1. The predicted molar refractivity (Wildman–Crippen MR) is 101 cm³/mol. The SMILES string of the molecule is Cc1cccc(NC(=O)N(C)CCc2noc(-c3ccc(F)cc3)n2)c1C. The van der Waals surface area contributed by atoms with E-state index < -0.39 is 0 Å². The summed E-state index contributed by atoms with van der Waals surface area (Å²) in [5, 5.41) is 6.83. The number of aryl methyl sites for hydroxylation is 1. The van der Waals surface area contributed by atoms with E-state index in [2.05, 4.69) is 15.5 Å². The minimum Gasteiger partial charge on any atom is -0.334 e. The van der Waals surface area contributed by atoms with Gasteiger partial charge in [-0.25, -0.2) is 9.18 Å². The number of likely N-dealkylation sites (N-methyl/N-ethyl adjacent to an activating group) is 1.